The third-order valence-electron chi connectivity index (χ3n) is 5.71. The fraction of sp³-hybridized carbons (Fsp3) is 0.276. The number of carbonyl (C=O) groups is 3. The largest absolute Gasteiger partial charge is 0.508 e. The van der Waals surface area contributed by atoms with Crippen LogP contribution in [0.1, 0.15) is 28.4 Å². The molecule has 9 nitrogen and oxygen atoms in total. The zero-order valence-corrected chi connectivity index (χ0v) is 20.9. The zero-order chi connectivity index (χ0) is 26.8. The van der Waals surface area contributed by atoms with Crippen LogP contribution in [0.3, 0.4) is 0 Å². The molecule has 0 atom stereocenters. The molecule has 0 aromatic heterocycles. The first kappa shape index (κ1) is 26.5. The van der Waals surface area contributed by atoms with Crippen LogP contribution in [0.5, 0.6) is 11.5 Å². The molecule has 198 valence electrons. The van der Waals surface area contributed by atoms with Crippen LogP contribution in [0.2, 0.25) is 0 Å². The molecular formula is C29H28O9. The highest BCUT2D eigenvalue weighted by Gasteiger charge is 2.41. The Bertz CT molecular complexity index is 1230. The third-order valence-corrected chi connectivity index (χ3v) is 5.71. The van der Waals surface area contributed by atoms with Crippen LogP contribution >= 0.6 is 0 Å². The minimum atomic E-state index is -1.11. The molecule has 1 saturated heterocycles. The summed E-state index contributed by atoms with van der Waals surface area (Å²) in [4.78, 5) is 36.0. The summed E-state index contributed by atoms with van der Waals surface area (Å²) in [5, 5.41) is 0. The van der Waals surface area contributed by atoms with Crippen molar-refractivity contribution in [2.45, 2.75) is 20.1 Å². The monoisotopic (exact) mass is 520 g/mol. The summed E-state index contributed by atoms with van der Waals surface area (Å²) in [6.45, 7) is 1.57. The number of ether oxygens (including phenoxy) is 6. The SMILES string of the molecule is CC1(C(=O)OCCOC(=O)c2ccc(OCc3ccccc3)c(OCc3ccccc3)c2)COC(=O)OC1. The normalized spacial score (nSPS) is 14.0. The number of benzene rings is 3. The third kappa shape index (κ3) is 7.25. The number of hydrogen-bond donors (Lipinski definition) is 0. The summed E-state index contributed by atoms with van der Waals surface area (Å²) < 4.78 is 31.9. The van der Waals surface area contributed by atoms with E-state index in [0.29, 0.717) is 18.1 Å². The molecule has 0 saturated carbocycles. The van der Waals surface area contributed by atoms with E-state index >= 15 is 0 Å². The van der Waals surface area contributed by atoms with Gasteiger partial charge < -0.3 is 28.4 Å². The lowest BCUT2D eigenvalue weighted by atomic mass is 9.93. The summed E-state index contributed by atoms with van der Waals surface area (Å²) >= 11 is 0. The van der Waals surface area contributed by atoms with Crippen molar-refractivity contribution in [1.29, 1.82) is 0 Å². The van der Waals surface area contributed by atoms with Gasteiger partial charge in [0.15, 0.2) is 11.5 Å². The Morgan fingerprint density at radius 1 is 0.763 bits per heavy atom. The van der Waals surface area contributed by atoms with Crippen molar-refractivity contribution in [3.05, 3.63) is 95.6 Å². The lowest BCUT2D eigenvalue weighted by Gasteiger charge is -2.29. The second-order valence-corrected chi connectivity index (χ2v) is 8.87. The second-order valence-electron chi connectivity index (χ2n) is 8.87. The molecule has 0 spiro atoms. The van der Waals surface area contributed by atoms with Gasteiger partial charge in [0.05, 0.1) is 5.56 Å². The average Bonchev–Trinajstić information content (AvgIpc) is 2.95. The predicted molar refractivity (Wildman–Crippen MR) is 135 cm³/mol. The van der Waals surface area contributed by atoms with Gasteiger partial charge in [-0.25, -0.2) is 9.59 Å². The van der Waals surface area contributed by atoms with Crippen LogP contribution in [0, 0.1) is 5.41 Å². The molecule has 3 aromatic carbocycles. The van der Waals surface area contributed by atoms with E-state index in [1.54, 1.807) is 25.1 Å². The lowest BCUT2D eigenvalue weighted by molar-refractivity contribution is -0.167. The molecule has 0 N–H and O–H groups in total. The van der Waals surface area contributed by atoms with Gasteiger partial charge in [-0.05, 0) is 36.2 Å². The van der Waals surface area contributed by atoms with E-state index < -0.39 is 23.5 Å². The van der Waals surface area contributed by atoms with Crippen molar-refractivity contribution in [3.63, 3.8) is 0 Å². The van der Waals surface area contributed by atoms with Crippen molar-refractivity contribution in [1.82, 2.24) is 0 Å². The van der Waals surface area contributed by atoms with E-state index in [1.807, 2.05) is 60.7 Å². The summed E-state index contributed by atoms with van der Waals surface area (Å²) in [6.07, 6.45) is -0.826. The molecule has 0 radical (unpaired) electrons. The summed E-state index contributed by atoms with van der Waals surface area (Å²) in [6, 6.07) is 24.1. The van der Waals surface area contributed by atoms with E-state index in [2.05, 4.69) is 0 Å². The minimum absolute atomic E-state index is 0.144. The summed E-state index contributed by atoms with van der Waals surface area (Å²) in [5.41, 5.74) is 1.10. The smallest absolute Gasteiger partial charge is 0.485 e. The van der Waals surface area contributed by atoms with Gasteiger partial charge in [0.1, 0.15) is 45.1 Å². The van der Waals surface area contributed by atoms with Crippen LogP contribution in [-0.4, -0.2) is 44.5 Å². The van der Waals surface area contributed by atoms with Crippen molar-refractivity contribution in [2.75, 3.05) is 26.4 Å². The first-order chi connectivity index (χ1) is 18.4. The van der Waals surface area contributed by atoms with E-state index in [1.165, 1.54) is 0 Å². The molecule has 1 heterocycles. The average molecular weight is 521 g/mol. The molecule has 3 aromatic rings. The maximum absolute atomic E-state index is 12.7. The van der Waals surface area contributed by atoms with E-state index in [4.69, 9.17) is 28.4 Å². The highest BCUT2D eigenvalue weighted by molar-refractivity contribution is 5.90. The number of hydrogen-bond acceptors (Lipinski definition) is 9. The quantitative estimate of drug-likeness (QED) is 0.202. The van der Waals surface area contributed by atoms with Crippen LogP contribution in [0.15, 0.2) is 78.9 Å². The molecule has 0 bridgehead atoms. The summed E-state index contributed by atoms with van der Waals surface area (Å²) in [5.74, 6) is -0.344. The lowest BCUT2D eigenvalue weighted by Crippen LogP contribution is -2.44. The number of carbonyl (C=O) groups excluding carboxylic acids is 3. The molecule has 1 fully saturated rings. The Kier molecular flexibility index (Phi) is 8.81. The number of rotatable bonds is 11. The van der Waals surface area contributed by atoms with Crippen molar-refractivity contribution >= 4 is 18.1 Å². The molecule has 1 aliphatic heterocycles. The van der Waals surface area contributed by atoms with E-state index in [-0.39, 0.29) is 38.6 Å². The molecule has 0 amide bonds. The van der Waals surface area contributed by atoms with Gasteiger partial charge >= 0.3 is 18.1 Å². The Labute approximate surface area is 220 Å². The maximum Gasteiger partial charge on any atom is 0.508 e. The molecule has 9 heteroatoms. The van der Waals surface area contributed by atoms with Gasteiger partial charge in [0, 0.05) is 0 Å². The molecule has 0 unspecified atom stereocenters. The van der Waals surface area contributed by atoms with Gasteiger partial charge in [-0.2, -0.15) is 0 Å². The first-order valence-corrected chi connectivity index (χ1v) is 12.0. The van der Waals surface area contributed by atoms with Gasteiger partial charge in [0.2, 0.25) is 0 Å². The second kappa shape index (κ2) is 12.6. The van der Waals surface area contributed by atoms with Crippen LogP contribution in [-0.2, 0) is 37.0 Å². The predicted octanol–water partition coefficient (Wildman–Crippen LogP) is 4.72. The zero-order valence-electron chi connectivity index (χ0n) is 20.9. The van der Waals surface area contributed by atoms with Crippen molar-refractivity contribution < 1.29 is 42.8 Å². The first-order valence-electron chi connectivity index (χ1n) is 12.0. The summed E-state index contributed by atoms with van der Waals surface area (Å²) in [7, 11) is 0. The molecular weight excluding hydrogens is 492 g/mol. The van der Waals surface area contributed by atoms with Crippen LogP contribution < -0.4 is 9.47 Å². The molecule has 4 rings (SSSR count). The van der Waals surface area contributed by atoms with E-state index in [0.717, 1.165) is 11.1 Å². The fourth-order valence-electron chi connectivity index (χ4n) is 3.50. The number of cyclic esters (lactones) is 2. The van der Waals surface area contributed by atoms with Gasteiger partial charge in [-0.15, -0.1) is 0 Å². The Morgan fingerprint density at radius 2 is 1.32 bits per heavy atom. The van der Waals surface area contributed by atoms with Gasteiger partial charge in [-0.3, -0.25) is 4.79 Å². The fourth-order valence-corrected chi connectivity index (χ4v) is 3.50. The standard InChI is InChI=1S/C29H28O9/c1-29(19-37-28(32)38-20-29)27(31)34-15-14-33-26(30)23-12-13-24(35-17-21-8-4-2-5-9-21)25(16-23)36-18-22-10-6-3-7-11-22/h2-13,16H,14-15,17-20H2,1H3. The Morgan fingerprint density at radius 3 is 1.92 bits per heavy atom. The van der Waals surface area contributed by atoms with Crippen molar-refractivity contribution in [3.8, 4) is 11.5 Å². The Hall–Kier alpha value is -4.53. The highest BCUT2D eigenvalue weighted by atomic mass is 16.7. The topological polar surface area (TPSA) is 107 Å². The van der Waals surface area contributed by atoms with Crippen molar-refractivity contribution in [2.24, 2.45) is 5.41 Å². The van der Waals surface area contributed by atoms with Crippen LogP contribution in [0.25, 0.3) is 0 Å². The maximum atomic E-state index is 12.7. The van der Waals surface area contributed by atoms with Gasteiger partial charge in [0.25, 0.3) is 0 Å². The van der Waals surface area contributed by atoms with E-state index in [9.17, 15) is 14.4 Å². The van der Waals surface area contributed by atoms with Crippen LogP contribution in [0.4, 0.5) is 4.79 Å². The minimum Gasteiger partial charge on any atom is -0.485 e. The molecule has 0 aliphatic carbocycles. The molecule has 1 aliphatic rings. The molecule has 38 heavy (non-hydrogen) atoms. The number of esters is 2. The van der Waals surface area contributed by atoms with Gasteiger partial charge in [-0.1, -0.05) is 60.7 Å². The highest BCUT2D eigenvalue weighted by Crippen LogP contribution is 2.30. The Balaban J connectivity index is 1.35.